The molecule has 2 N–H and O–H groups in total. The van der Waals surface area contributed by atoms with Crippen molar-refractivity contribution in [3.8, 4) is 0 Å². The largest absolute Gasteiger partial charge is 0.329 e. The van der Waals surface area contributed by atoms with Crippen LogP contribution in [0, 0.1) is 0 Å². The molecule has 1 aromatic carbocycles. The summed E-state index contributed by atoms with van der Waals surface area (Å²) in [6, 6.07) is 13.2. The van der Waals surface area contributed by atoms with E-state index in [9.17, 15) is 4.79 Å². The number of Topliss-reactive ketones (excluding diaryl/α,β-unsaturated/α-hetero) is 1. The number of carbonyl (C=O) groups excluding carboxylic acids is 1. The molecule has 6 rings (SSSR count). The van der Waals surface area contributed by atoms with Crippen molar-refractivity contribution < 1.29 is 4.79 Å². The molecule has 1 atom stereocenters. The van der Waals surface area contributed by atoms with E-state index in [0.29, 0.717) is 29.1 Å². The van der Waals surface area contributed by atoms with Crippen molar-refractivity contribution >= 4 is 40.5 Å². The summed E-state index contributed by atoms with van der Waals surface area (Å²) in [4.78, 5) is 20.1. The topological polar surface area (TPSA) is 91.2 Å². The Balaban J connectivity index is 1.28. The molecule has 1 aliphatic carbocycles. The predicted octanol–water partition coefficient (Wildman–Crippen LogP) is 4.51. The fraction of sp³-hybridized carbons (Fsp3) is 0.333. The van der Waals surface area contributed by atoms with Crippen molar-refractivity contribution in [3.63, 3.8) is 0 Å². The van der Waals surface area contributed by atoms with E-state index in [1.54, 1.807) is 4.52 Å². The third-order valence-corrected chi connectivity index (χ3v) is 6.81. The first-order chi connectivity index (χ1) is 16.2. The fourth-order valence-corrected chi connectivity index (χ4v) is 4.75. The molecule has 9 heteroatoms. The predicted molar refractivity (Wildman–Crippen MR) is 127 cm³/mol. The maximum absolute atomic E-state index is 13.2. The number of halogens is 1. The van der Waals surface area contributed by atoms with Crippen LogP contribution in [0.1, 0.15) is 42.9 Å². The number of ketones is 1. The second-order valence-corrected chi connectivity index (χ2v) is 9.20. The summed E-state index contributed by atoms with van der Waals surface area (Å²) in [5.74, 6) is 2.67. The van der Waals surface area contributed by atoms with E-state index in [2.05, 4.69) is 15.5 Å². The molecule has 1 aliphatic heterocycles. The Morgan fingerprint density at radius 1 is 1.18 bits per heavy atom. The van der Waals surface area contributed by atoms with Crippen LogP contribution in [-0.2, 0) is 11.2 Å². The molecule has 0 bridgehead atoms. The van der Waals surface area contributed by atoms with Gasteiger partial charge < -0.3 is 10.2 Å². The number of hydrogen-bond donors (Lipinski definition) is 2. The highest BCUT2D eigenvalue weighted by Crippen LogP contribution is 2.39. The summed E-state index contributed by atoms with van der Waals surface area (Å²) in [5.41, 5.74) is 2.86. The van der Waals surface area contributed by atoms with Crippen LogP contribution < -0.4 is 10.2 Å². The molecule has 4 aromatic rings. The van der Waals surface area contributed by atoms with Crippen molar-refractivity contribution in [1.29, 1.82) is 0 Å². The molecule has 0 radical (unpaired) electrons. The number of hydrogen-bond acceptors (Lipinski definition) is 6. The minimum absolute atomic E-state index is 0.132. The Labute approximate surface area is 196 Å². The van der Waals surface area contributed by atoms with Gasteiger partial charge in [0.05, 0.1) is 6.04 Å². The number of nitrogens with one attached hydrogen (secondary N) is 2. The quantitative estimate of drug-likeness (QED) is 0.421. The number of carbonyl (C=O) groups is 1. The number of rotatable bonds is 7. The van der Waals surface area contributed by atoms with E-state index in [4.69, 9.17) is 21.7 Å². The summed E-state index contributed by atoms with van der Waals surface area (Å²) in [7, 11) is 0. The summed E-state index contributed by atoms with van der Waals surface area (Å²) < 4.78 is 1.80. The van der Waals surface area contributed by atoms with E-state index in [1.165, 1.54) is 12.8 Å². The summed E-state index contributed by atoms with van der Waals surface area (Å²) >= 11 is 6.29. The first kappa shape index (κ1) is 20.2. The van der Waals surface area contributed by atoms with Gasteiger partial charge >= 0.3 is 0 Å². The molecule has 2 aliphatic rings. The van der Waals surface area contributed by atoms with Gasteiger partial charge in [-0.25, -0.2) is 4.52 Å². The standard InChI is InChI=1S/C24H24ClN7O/c25-17-6-2-1-5-16(17)13-21(33)19-7-3-11-31(19)24-27-23(20-8-4-12-32(20)30-24)26-22-14-18(28-29-22)15-9-10-15/h1-2,4-6,8,12,14-15,19H,3,7,9-11,13H2,(H2,26,27,28,29,30)/t19-/m0/s1. The van der Waals surface area contributed by atoms with Crippen molar-refractivity contribution in [2.75, 3.05) is 16.8 Å². The summed E-state index contributed by atoms with van der Waals surface area (Å²) in [6.45, 7) is 0.735. The first-order valence-corrected chi connectivity index (χ1v) is 11.7. The molecule has 1 saturated heterocycles. The maximum atomic E-state index is 13.2. The average Bonchev–Trinajstić information content (AvgIpc) is 3.20. The Hall–Kier alpha value is -3.39. The number of benzene rings is 1. The Bertz CT molecular complexity index is 1330. The molecule has 8 nitrogen and oxygen atoms in total. The van der Waals surface area contributed by atoms with Crippen LogP contribution in [0.2, 0.25) is 5.02 Å². The monoisotopic (exact) mass is 461 g/mol. The van der Waals surface area contributed by atoms with Crippen LogP contribution in [0.3, 0.4) is 0 Å². The third kappa shape index (κ3) is 3.95. The van der Waals surface area contributed by atoms with Gasteiger partial charge in [-0.05, 0) is 49.4 Å². The second kappa shape index (κ2) is 8.19. The lowest BCUT2D eigenvalue weighted by Gasteiger charge is -2.24. The smallest absolute Gasteiger partial charge is 0.246 e. The molecule has 168 valence electrons. The zero-order chi connectivity index (χ0) is 22.4. The van der Waals surface area contributed by atoms with Gasteiger partial charge in [0.15, 0.2) is 17.4 Å². The molecule has 0 spiro atoms. The number of anilines is 3. The number of H-pyrrole nitrogens is 1. The van der Waals surface area contributed by atoms with Crippen molar-refractivity contribution in [1.82, 2.24) is 24.8 Å². The maximum Gasteiger partial charge on any atom is 0.246 e. The average molecular weight is 462 g/mol. The summed E-state index contributed by atoms with van der Waals surface area (Å²) in [5, 5.41) is 16.2. The van der Waals surface area contributed by atoms with Crippen molar-refractivity contribution in [2.45, 2.75) is 44.1 Å². The number of nitrogens with zero attached hydrogens (tertiary/aromatic N) is 5. The van der Waals surface area contributed by atoms with E-state index in [1.807, 2.05) is 53.6 Å². The summed E-state index contributed by atoms with van der Waals surface area (Å²) in [6.07, 6.45) is 6.31. The lowest BCUT2D eigenvalue weighted by atomic mass is 10.0. The van der Waals surface area contributed by atoms with Crippen LogP contribution in [0.5, 0.6) is 0 Å². The van der Waals surface area contributed by atoms with Crippen LogP contribution >= 0.6 is 11.6 Å². The lowest BCUT2D eigenvalue weighted by Crippen LogP contribution is -2.38. The highest BCUT2D eigenvalue weighted by atomic mass is 35.5. The van der Waals surface area contributed by atoms with Crippen LogP contribution in [0.4, 0.5) is 17.6 Å². The minimum atomic E-state index is -0.269. The number of aromatic amines is 1. The lowest BCUT2D eigenvalue weighted by molar-refractivity contribution is -0.119. The van der Waals surface area contributed by atoms with Gasteiger partial charge in [-0.3, -0.25) is 9.89 Å². The van der Waals surface area contributed by atoms with E-state index >= 15 is 0 Å². The number of fused-ring (bicyclic) bond motifs is 1. The SMILES string of the molecule is O=C(Cc1ccccc1Cl)[C@@H]1CCCN1c1nc(Nc2cc(C3CC3)[nH]n2)c2cccn2n1. The van der Waals surface area contributed by atoms with Crippen LogP contribution in [0.25, 0.3) is 5.52 Å². The van der Waals surface area contributed by atoms with Gasteiger partial charge in [0, 0.05) is 41.9 Å². The van der Waals surface area contributed by atoms with Crippen LogP contribution in [-0.4, -0.2) is 43.2 Å². The first-order valence-electron chi connectivity index (χ1n) is 11.4. The molecule has 3 aromatic heterocycles. The molecular weight excluding hydrogens is 438 g/mol. The van der Waals surface area contributed by atoms with Gasteiger partial charge in [-0.1, -0.05) is 29.8 Å². The van der Waals surface area contributed by atoms with E-state index < -0.39 is 0 Å². The molecule has 33 heavy (non-hydrogen) atoms. The highest BCUT2D eigenvalue weighted by Gasteiger charge is 2.33. The Morgan fingerprint density at radius 3 is 2.91 bits per heavy atom. The van der Waals surface area contributed by atoms with Gasteiger partial charge in [-0.2, -0.15) is 10.1 Å². The van der Waals surface area contributed by atoms with Gasteiger partial charge in [0.2, 0.25) is 5.95 Å². The van der Waals surface area contributed by atoms with Crippen molar-refractivity contribution in [2.24, 2.45) is 0 Å². The van der Waals surface area contributed by atoms with E-state index in [-0.39, 0.29) is 11.8 Å². The molecule has 4 heterocycles. The van der Waals surface area contributed by atoms with Crippen LogP contribution in [0.15, 0.2) is 48.7 Å². The van der Waals surface area contributed by atoms with Gasteiger partial charge in [-0.15, -0.1) is 5.10 Å². The zero-order valence-corrected chi connectivity index (χ0v) is 18.8. The van der Waals surface area contributed by atoms with Crippen molar-refractivity contribution in [3.05, 3.63) is 64.9 Å². The zero-order valence-electron chi connectivity index (χ0n) is 18.0. The molecule has 2 fully saturated rings. The molecule has 0 unspecified atom stereocenters. The van der Waals surface area contributed by atoms with Gasteiger partial charge in [0.25, 0.3) is 0 Å². The van der Waals surface area contributed by atoms with Gasteiger partial charge in [0.1, 0.15) is 5.52 Å². The molecular formula is C24H24ClN7O. The molecule has 1 saturated carbocycles. The minimum Gasteiger partial charge on any atom is -0.329 e. The second-order valence-electron chi connectivity index (χ2n) is 8.79. The highest BCUT2D eigenvalue weighted by molar-refractivity contribution is 6.31. The molecule has 0 amide bonds. The normalized spacial score (nSPS) is 18.2. The Morgan fingerprint density at radius 2 is 2.06 bits per heavy atom. The van der Waals surface area contributed by atoms with E-state index in [0.717, 1.165) is 42.0 Å². The number of aromatic nitrogens is 5. The third-order valence-electron chi connectivity index (χ3n) is 6.44. The fourth-order valence-electron chi connectivity index (χ4n) is 4.55. The Kier molecular flexibility index (Phi) is 5.02.